The van der Waals surface area contributed by atoms with E-state index in [1.54, 1.807) is 0 Å². The lowest BCUT2D eigenvalue weighted by atomic mass is 9.95. The highest BCUT2D eigenvalue weighted by atomic mass is 16.2. The van der Waals surface area contributed by atoms with Crippen LogP contribution in [0.4, 0.5) is 0 Å². The van der Waals surface area contributed by atoms with Crippen LogP contribution in [0.1, 0.15) is 24.8 Å². The summed E-state index contributed by atoms with van der Waals surface area (Å²) in [7, 11) is 0. The standard InChI is InChI=1S/C19H23N4O2/c20-17(24)19(9-5-10-22-19)18(25)21-12-16-8-4-11-23(14-16)13-15-6-2-1-3-7-15/h1-4,6-7,11,14H,5,8-10,12-13H2,(H2,20,24)(H,21,25). The van der Waals surface area contributed by atoms with Gasteiger partial charge in [-0.05, 0) is 30.4 Å². The number of hydrogen-bond donors (Lipinski definition) is 2. The van der Waals surface area contributed by atoms with Crippen LogP contribution in [0.2, 0.25) is 0 Å². The van der Waals surface area contributed by atoms with Gasteiger partial charge in [0.25, 0.3) is 5.91 Å². The molecule has 6 heteroatoms. The average Bonchev–Trinajstić information content (AvgIpc) is 3.12. The Hall–Kier alpha value is -2.60. The summed E-state index contributed by atoms with van der Waals surface area (Å²) >= 11 is 0. The van der Waals surface area contributed by atoms with E-state index in [0.717, 1.165) is 18.5 Å². The van der Waals surface area contributed by atoms with E-state index >= 15 is 0 Å². The summed E-state index contributed by atoms with van der Waals surface area (Å²) in [6.07, 6.45) is 8.02. The van der Waals surface area contributed by atoms with Crippen LogP contribution in [-0.2, 0) is 16.1 Å². The maximum absolute atomic E-state index is 12.5. The van der Waals surface area contributed by atoms with Crippen LogP contribution < -0.4 is 16.4 Å². The molecule has 131 valence electrons. The molecule has 0 aliphatic carbocycles. The molecular weight excluding hydrogens is 316 g/mol. The SMILES string of the molecule is NC(=O)C1(C(=O)NCC2=CN(Cc3ccccc3)C=CC2)CCC[N]1. The van der Waals surface area contributed by atoms with Crippen LogP contribution in [0.5, 0.6) is 0 Å². The van der Waals surface area contributed by atoms with Gasteiger partial charge in [-0.1, -0.05) is 36.4 Å². The van der Waals surface area contributed by atoms with Gasteiger partial charge in [0.2, 0.25) is 5.91 Å². The molecule has 2 heterocycles. The molecule has 2 aliphatic rings. The van der Waals surface area contributed by atoms with Crippen molar-refractivity contribution in [3.05, 3.63) is 59.9 Å². The fraction of sp³-hybridized carbons (Fsp3) is 0.368. The minimum atomic E-state index is -1.38. The normalized spacial score (nSPS) is 22.6. The second-order valence-corrected chi connectivity index (χ2v) is 6.43. The Morgan fingerprint density at radius 3 is 2.76 bits per heavy atom. The largest absolute Gasteiger partial charge is 0.368 e. The quantitative estimate of drug-likeness (QED) is 0.759. The molecule has 1 radical (unpaired) electrons. The van der Waals surface area contributed by atoms with Crippen molar-refractivity contribution in [2.45, 2.75) is 31.3 Å². The Morgan fingerprint density at radius 1 is 1.28 bits per heavy atom. The van der Waals surface area contributed by atoms with Crippen molar-refractivity contribution in [3.63, 3.8) is 0 Å². The molecule has 1 aromatic carbocycles. The number of allylic oxidation sites excluding steroid dienone is 1. The lowest BCUT2D eigenvalue weighted by Crippen LogP contribution is -2.59. The Kier molecular flexibility index (Phi) is 5.19. The van der Waals surface area contributed by atoms with Gasteiger partial charge in [-0.25, -0.2) is 5.32 Å². The maximum atomic E-state index is 12.5. The van der Waals surface area contributed by atoms with Gasteiger partial charge in [0.1, 0.15) is 0 Å². The first kappa shape index (κ1) is 17.2. The zero-order chi connectivity index (χ0) is 17.7. The summed E-state index contributed by atoms with van der Waals surface area (Å²) in [5, 5.41) is 7.01. The fourth-order valence-corrected chi connectivity index (χ4v) is 3.20. The summed E-state index contributed by atoms with van der Waals surface area (Å²) in [5.74, 6) is -1.05. The first-order chi connectivity index (χ1) is 12.1. The number of carbonyl (C=O) groups excluding carboxylic acids is 2. The van der Waals surface area contributed by atoms with Gasteiger partial charge in [-0.3, -0.25) is 9.59 Å². The van der Waals surface area contributed by atoms with Crippen molar-refractivity contribution >= 4 is 11.8 Å². The molecule has 2 amide bonds. The van der Waals surface area contributed by atoms with E-state index in [2.05, 4.69) is 33.7 Å². The number of nitrogens with two attached hydrogens (primary N) is 1. The van der Waals surface area contributed by atoms with Crippen LogP contribution in [0.25, 0.3) is 0 Å². The molecular formula is C19H23N4O2. The van der Waals surface area contributed by atoms with E-state index in [0.29, 0.717) is 25.9 Å². The van der Waals surface area contributed by atoms with Crippen LogP contribution in [0, 0.1) is 0 Å². The molecule has 6 nitrogen and oxygen atoms in total. The molecule has 1 saturated heterocycles. The fourth-order valence-electron chi connectivity index (χ4n) is 3.20. The monoisotopic (exact) mass is 339 g/mol. The number of nitrogens with zero attached hydrogens (tertiary/aromatic N) is 2. The maximum Gasteiger partial charge on any atom is 0.251 e. The third kappa shape index (κ3) is 3.91. The van der Waals surface area contributed by atoms with Crippen LogP contribution in [0.15, 0.2) is 54.4 Å². The third-order valence-electron chi connectivity index (χ3n) is 4.57. The number of rotatable bonds is 6. The molecule has 0 aromatic heterocycles. The number of nitrogens with one attached hydrogen (secondary N) is 1. The molecule has 0 bridgehead atoms. The van der Waals surface area contributed by atoms with Gasteiger partial charge in [0, 0.05) is 32.0 Å². The van der Waals surface area contributed by atoms with Crippen LogP contribution in [-0.4, -0.2) is 35.3 Å². The van der Waals surface area contributed by atoms with Gasteiger partial charge in [-0.2, -0.15) is 0 Å². The average molecular weight is 339 g/mol. The number of amides is 2. The topological polar surface area (TPSA) is 89.5 Å². The van der Waals surface area contributed by atoms with Crippen molar-refractivity contribution < 1.29 is 9.59 Å². The summed E-state index contributed by atoms with van der Waals surface area (Å²) in [6, 6.07) is 10.2. The van der Waals surface area contributed by atoms with Crippen molar-refractivity contribution in [2.24, 2.45) is 5.73 Å². The van der Waals surface area contributed by atoms with E-state index in [1.165, 1.54) is 5.56 Å². The molecule has 2 aliphatic heterocycles. The predicted molar refractivity (Wildman–Crippen MR) is 95.0 cm³/mol. The second kappa shape index (κ2) is 7.53. The highest BCUT2D eigenvalue weighted by Gasteiger charge is 2.47. The molecule has 25 heavy (non-hydrogen) atoms. The number of hydrogen-bond acceptors (Lipinski definition) is 3. The summed E-state index contributed by atoms with van der Waals surface area (Å²) < 4.78 is 0. The molecule has 1 fully saturated rings. The van der Waals surface area contributed by atoms with Crippen LogP contribution >= 0.6 is 0 Å². The minimum Gasteiger partial charge on any atom is -0.368 e. The van der Waals surface area contributed by atoms with Gasteiger partial charge in [0.05, 0.1) is 0 Å². The molecule has 1 aromatic rings. The lowest BCUT2D eigenvalue weighted by Gasteiger charge is -2.25. The zero-order valence-electron chi connectivity index (χ0n) is 14.1. The van der Waals surface area contributed by atoms with E-state index in [4.69, 9.17) is 5.73 Å². The van der Waals surface area contributed by atoms with Gasteiger partial charge in [0.15, 0.2) is 5.54 Å². The Labute approximate surface area is 147 Å². The Bertz CT molecular complexity index is 691. The molecule has 0 saturated carbocycles. The molecule has 1 atom stereocenters. The lowest BCUT2D eigenvalue weighted by molar-refractivity contribution is -0.136. The van der Waals surface area contributed by atoms with Crippen molar-refractivity contribution in [1.29, 1.82) is 0 Å². The first-order valence-corrected chi connectivity index (χ1v) is 8.53. The van der Waals surface area contributed by atoms with E-state index in [-0.39, 0.29) is 5.91 Å². The van der Waals surface area contributed by atoms with E-state index in [9.17, 15) is 9.59 Å². The first-order valence-electron chi connectivity index (χ1n) is 8.53. The molecule has 3 N–H and O–H groups in total. The Balaban J connectivity index is 1.59. The highest BCUT2D eigenvalue weighted by Crippen LogP contribution is 2.21. The summed E-state index contributed by atoms with van der Waals surface area (Å²) in [4.78, 5) is 26.3. The van der Waals surface area contributed by atoms with Gasteiger partial charge >= 0.3 is 0 Å². The molecule has 1 unspecified atom stereocenters. The number of carbonyl (C=O) groups is 2. The van der Waals surface area contributed by atoms with Gasteiger partial charge < -0.3 is 16.0 Å². The number of primary amides is 1. The summed E-state index contributed by atoms with van der Waals surface area (Å²) in [6.45, 7) is 1.67. The van der Waals surface area contributed by atoms with Gasteiger partial charge in [-0.15, -0.1) is 0 Å². The second-order valence-electron chi connectivity index (χ2n) is 6.43. The van der Waals surface area contributed by atoms with E-state index < -0.39 is 11.4 Å². The zero-order valence-corrected chi connectivity index (χ0v) is 14.1. The minimum absolute atomic E-state index is 0.387. The Morgan fingerprint density at radius 2 is 2.08 bits per heavy atom. The summed E-state index contributed by atoms with van der Waals surface area (Å²) in [5.41, 5.74) is 6.33. The predicted octanol–water partition coefficient (Wildman–Crippen LogP) is 1.03. The third-order valence-corrected chi connectivity index (χ3v) is 4.57. The highest BCUT2D eigenvalue weighted by molar-refractivity contribution is 6.09. The molecule has 3 rings (SSSR count). The number of benzene rings is 1. The van der Waals surface area contributed by atoms with Crippen LogP contribution in [0.3, 0.4) is 0 Å². The smallest absolute Gasteiger partial charge is 0.251 e. The van der Waals surface area contributed by atoms with Crippen molar-refractivity contribution in [3.8, 4) is 0 Å². The van der Waals surface area contributed by atoms with E-state index in [1.807, 2.05) is 30.6 Å². The molecule has 0 spiro atoms. The van der Waals surface area contributed by atoms with Crippen molar-refractivity contribution in [2.75, 3.05) is 13.1 Å². The van der Waals surface area contributed by atoms with Crippen molar-refractivity contribution in [1.82, 2.24) is 15.5 Å².